The smallest absolute Gasteiger partial charge is 0.281 e. The molecule has 0 aliphatic carbocycles. The van der Waals surface area contributed by atoms with Gasteiger partial charge in [-0.3, -0.25) is 14.5 Å². The summed E-state index contributed by atoms with van der Waals surface area (Å²) in [7, 11) is 1.66. The van der Waals surface area contributed by atoms with Crippen molar-refractivity contribution in [2.75, 3.05) is 52.1 Å². The maximum absolute atomic E-state index is 12.5. The Bertz CT molecular complexity index is 879. The van der Waals surface area contributed by atoms with Crippen LogP contribution in [0, 0.1) is 0 Å². The van der Waals surface area contributed by atoms with Crippen molar-refractivity contribution in [1.82, 2.24) is 19.7 Å². The van der Waals surface area contributed by atoms with Gasteiger partial charge in [0.05, 0.1) is 12.8 Å². The zero-order valence-corrected chi connectivity index (χ0v) is 18.7. The van der Waals surface area contributed by atoms with E-state index >= 15 is 0 Å². The van der Waals surface area contributed by atoms with Gasteiger partial charge < -0.3 is 14.5 Å². The Balaban J connectivity index is 1.23. The van der Waals surface area contributed by atoms with Gasteiger partial charge in [-0.15, -0.1) is 11.3 Å². The molecule has 1 aromatic heterocycles. The van der Waals surface area contributed by atoms with E-state index in [-0.39, 0.29) is 11.1 Å². The van der Waals surface area contributed by atoms with Gasteiger partial charge in [0.25, 0.3) is 5.24 Å². The molecule has 0 radical (unpaired) electrons. The fraction of sp³-hybridized carbons (Fsp3) is 0.476. The SMILES string of the molecule is COc1ccc(-c2nc(CN3CCN(C(=O)CCN4CCSC4=O)CC3)cs2)cc1. The molecule has 0 saturated carbocycles. The molecular formula is C21H26N4O3S2. The maximum atomic E-state index is 12.5. The molecule has 2 aromatic rings. The molecule has 30 heavy (non-hydrogen) atoms. The first-order valence-corrected chi connectivity index (χ1v) is 12.0. The van der Waals surface area contributed by atoms with Crippen molar-refractivity contribution in [3.05, 3.63) is 35.3 Å². The number of hydrogen-bond acceptors (Lipinski definition) is 7. The van der Waals surface area contributed by atoms with Crippen molar-refractivity contribution in [1.29, 1.82) is 0 Å². The number of ether oxygens (including phenoxy) is 1. The molecule has 0 N–H and O–H groups in total. The maximum Gasteiger partial charge on any atom is 0.281 e. The summed E-state index contributed by atoms with van der Waals surface area (Å²) in [5.74, 6) is 1.83. The van der Waals surface area contributed by atoms with Crippen LogP contribution in [-0.4, -0.2) is 83.0 Å². The molecule has 2 fully saturated rings. The molecule has 0 unspecified atom stereocenters. The van der Waals surface area contributed by atoms with Gasteiger partial charge in [0.15, 0.2) is 0 Å². The summed E-state index contributed by atoms with van der Waals surface area (Å²) in [6.07, 6.45) is 0.420. The second-order valence-electron chi connectivity index (χ2n) is 7.38. The van der Waals surface area contributed by atoms with Crippen molar-refractivity contribution in [3.8, 4) is 16.3 Å². The molecule has 2 aliphatic heterocycles. The lowest BCUT2D eigenvalue weighted by atomic mass is 10.2. The van der Waals surface area contributed by atoms with Crippen molar-refractivity contribution >= 4 is 34.2 Å². The van der Waals surface area contributed by atoms with E-state index in [2.05, 4.69) is 10.3 Å². The number of hydrogen-bond donors (Lipinski definition) is 0. The van der Waals surface area contributed by atoms with Gasteiger partial charge in [-0.25, -0.2) is 4.98 Å². The Hall–Kier alpha value is -2.10. The second-order valence-corrected chi connectivity index (χ2v) is 9.29. The van der Waals surface area contributed by atoms with E-state index in [0.29, 0.717) is 13.0 Å². The number of piperazine rings is 1. The van der Waals surface area contributed by atoms with E-state index in [4.69, 9.17) is 9.72 Å². The van der Waals surface area contributed by atoms with E-state index in [1.165, 1.54) is 11.8 Å². The minimum Gasteiger partial charge on any atom is -0.497 e. The number of aromatic nitrogens is 1. The Morgan fingerprint density at radius 1 is 1.13 bits per heavy atom. The van der Waals surface area contributed by atoms with Crippen LogP contribution in [0.15, 0.2) is 29.6 Å². The minimum absolute atomic E-state index is 0.102. The van der Waals surface area contributed by atoms with E-state index in [0.717, 1.165) is 67.0 Å². The highest BCUT2D eigenvalue weighted by atomic mass is 32.2. The Labute approximate surface area is 185 Å². The van der Waals surface area contributed by atoms with Gasteiger partial charge in [0, 0.05) is 68.9 Å². The van der Waals surface area contributed by atoms with Gasteiger partial charge in [0.1, 0.15) is 10.8 Å². The van der Waals surface area contributed by atoms with Crippen LogP contribution in [0.25, 0.3) is 10.6 Å². The quantitative estimate of drug-likeness (QED) is 0.651. The predicted molar refractivity (Wildman–Crippen MR) is 120 cm³/mol. The van der Waals surface area contributed by atoms with Crippen LogP contribution in [0.1, 0.15) is 12.1 Å². The van der Waals surface area contributed by atoms with Gasteiger partial charge in [-0.1, -0.05) is 11.8 Å². The zero-order chi connectivity index (χ0) is 20.9. The summed E-state index contributed by atoms with van der Waals surface area (Å²) in [6, 6.07) is 7.96. The fourth-order valence-electron chi connectivity index (χ4n) is 3.65. The van der Waals surface area contributed by atoms with E-state index in [1.807, 2.05) is 29.2 Å². The van der Waals surface area contributed by atoms with Crippen molar-refractivity contribution in [2.24, 2.45) is 0 Å². The summed E-state index contributed by atoms with van der Waals surface area (Å²) < 4.78 is 5.21. The van der Waals surface area contributed by atoms with Crippen LogP contribution in [0.4, 0.5) is 4.79 Å². The van der Waals surface area contributed by atoms with E-state index in [9.17, 15) is 9.59 Å². The van der Waals surface area contributed by atoms with Gasteiger partial charge in [-0.2, -0.15) is 0 Å². The lowest BCUT2D eigenvalue weighted by molar-refractivity contribution is -0.133. The molecule has 2 amide bonds. The first-order valence-electron chi connectivity index (χ1n) is 10.1. The van der Waals surface area contributed by atoms with Crippen LogP contribution in [0.2, 0.25) is 0 Å². The van der Waals surface area contributed by atoms with E-state index < -0.39 is 0 Å². The highest BCUT2D eigenvalue weighted by Gasteiger charge is 2.25. The Morgan fingerprint density at radius 2 is 1.90 bits per heavy atom. The lowest BCUT2D eigenvalue weighted by Crippen LogP contribution is -2.48. The molecular weight excluding hydrogens is 420 g/mol. The second kappa shape index (κ2) is 9.80. The Morgan fingerprint density at radius 3 is 2.57 bits per heavy atom. The van der Waals surface area contributed by atoms with Gasteiger partial charge in [-0.05, 0) is 24.3 Å². The highest BCUT2D eigenvalue weighted by Crippen LogP contribution is 2.26. The topological polar surface area (TPSA) is 66.0 Å². The number of thiazole rings is 1. The molecule has 9 heteroatoms. The predicted octanol–water partition coefficient (Wildman–Crippen LogP) is 3.02. The van der Waals surface area contributed by atoms with Crippen LogP contribution in [-0.2, 0) is 11.3 Å². The third-order valence-corrected chi connectivity index (χ3v) is 7.27. The Kier molecular flexibility index (Phi) is 6.91. The van der Waals surface area contributed by atoms with E-state index in [1.54, 1.807) is 23.3 Å². The summed E-state index contributed by atoms with van der Waals surface area (Å²) in [5, 5.41) is 3.23. The number of thioether (sulfide) groups is 1. The van der Waals surface area contributed by atoms with Crippen LogP contribution < -0.4 is 4.74 Å². The summed E-state index contributed by atoms with van der Waals surface area (Å²) >= 11 is 2.99. The van der Waals surface area contributed by atoms with Crippen LogP contribution >= 0.6 is 23.1 Å². The number of carbonyl (C=O) groups excluding carboxylic acids is 2. The van der Waals surface area contributed by atoms with Crippen LogP contribution in [0.3, 0.4) is 0 Å². The van der Waals surface area contributed by atoms with Gasteiger partial charge in [0.2, 0.25) is 5.91 Å². The number of rotatable bonds is 7. The highest BCUT2D eigenvalue weighted by molar-refractivity contribution is 8.13. The number of carbonyl (C=O) groups is 2. The normalized spacial score (nSPS) is 17.6. The van der Waals surface area contributed by atoms with Crippen molar-refractivity contribution in [3.63, 3.8) is 0 Å². The largest absolute Gasteiger partial charge is 0.497 e. The third-order valence-electron chi connectivity index (χ3n) is 5.44. The summed E-state index contributed by atoms with van der Waals surface area (Å²) in [6.45, 7) is 5.26. The van der Waals surface area contributed by atoms with Crippen molar-refractivity contribution in [2.45, 2.75) is 13.0 Å². The zero-order valence-electron chi connectivity index (χ0n) is 17.1. The standard InChI is InChI=1S/C21H26N4O3S2/c1-28-18-4-2-16(3-5-18)20-22-17(15-30-20)14-23-8-10-24(11-9-23)19(26)6-7-25-12-13-29-21(25)27/h2-5,15H,6-14H2,1H3. The first-order chi connectivity index (χ1) is 14.6. The minimum atomic E-state index is 0.102. The third kappa shape index (κ3) is 5.14. The molecule has 2 aliphatic rings. The molecule has 0 atom stereocenters. The molecule has 160 valence electrons. The molecule has 3 heterocycles. The lowest BCUT2D eigenvalue weighted by Gasteiger charge is -2.34. The number of amides is 2. The number of benzene rings is 1. The first kappa shape index (κ1) is 21.1. The molecule has 0 spiro atoms. The summed E-state index contributed by atoms with van der Waals surface area (Å²) in [4.78, 5) is 35.0. The molecule has 2 saturated heterocycles. The van der Waals surface area contributed by atoms with Gasteiger partial charge >= 0.3 is 0 Å². The monoisotopic (exact) mass is 446 g/mol. The number of methoxy groups -OCH3 is 1. The molecule has 7 nitrogen and oxygen atoms in total. The number of nitrogens with zero attached hydrogens (tertiary/aromatic N) is 4. The summed E-state index contributed by atoms with van der Waals surface area (Å²) in [5.41, 5.74) is 2.16. The molecule has 1 aromatic carbocycles. The average molecular weight is 447 g/mol. The molecule has 0 bridgehead atoms. The average Bonchev–Trinajstić information content (AvgIpc) is 3.41. The fourth-order valence-corrected chi connectivity index (χ4v) is 5.32. The van der Waals surface area contributed by atoms with Crippen LogP contribution in [0.5, 0.6) is 5.75 Å². The molecule has 4 rings (SSSR count). The van der Waals surface area contributed by atoms with Crippen molar-refractivity contribution < 1.29 is 14.3 Å².